The summed E-state index contributed by atoms with van der Waals surface area (Å²) in [4.78, 5) is 12.9. The zero-order chi connectivity index (χ0) is 14.7. The van der Waals surface area contributed by atoms with Crippen molar-refractivity contribution in [1.82, 2.24) is 4.90 Å². The third kappa shape index (κ3) is 3.55. The maximum Gasteiger partial charge on any atom is 0.306 e. The molecule has 4 nitrogen and oxygen atoms in total. The van der Waals surface area contributed by atoms with Gasteiger partial charge in [0.25, 0.3) is 0 Å². The summed E-state index contributed by atoms with van der Waals surface area (Å²) in [5, 5.41) is 8.83. The topological polar surface area (TPSA) is 49.8 Å². The number of hydrogen-bond donors (Lipinski definition) is 1. The summed E-state index contributed by atoms with van der Waals surface area (Å²) >= 11 is 0. The summed E-state index contributed by atoms with van der Waals surface area (Å²) in [7, 11) is 0. The number of halogens is 1. The molecule has 0 bridgehead atoms. The predicted octanol–water partition coefficient (Wildman–Crippen LogP) is 2.37. The van der Waals surface area contributed by atoms with E-state index in [1.54, 1.807) is 19.1 Å². The maximum atomic E-state index is 13.6. The highest BCUT2D eigenvalue weighted by molar-refractivity contribution is 5.67. The van der Waals surface area contributed by atoms with E-state index in [1.807, 2.05) is 13.0 Å². The molecule has 110 valence electrons. The van der Waals surface area contributed by atoms with Crippen LogP contribution in [0, 0.1) is 12.7 Å². The van der Waals surface area contributed by atoms with E-state index >= 15 is 0 Å². The second-order valence-electron chi connectivity index (χ2n) is 5.27. The van der Waals surface area contributed by atoms with Gasteiger partial charge in [0.15, 0.2) is 0 Å². The fraction of sp³-hybridized carbons (Fsp3) is 0.533. The molecule has 0 amide bonds. The fourth-order valence-electron chi connectivity index (χ4n) is 2.49. The molecule has 2 rings (SSSR count). The number of rotatable bonds is 4. The number of aryl methyl sites for hydroxylation is 1. The van der Waals surface area contributed by atoms with Gasteiger partial charge in [-0.15, -0.1) is 0 Å². The third-order valence-corrected chi connectivity index (χ3v) is 3.80. The van der Waals surface area contributed by atoms with E-state index in [9.17, 15) is 9.18 Å². The lowest BCUT2D eigenvalue weighted by atomic mass is 10.0. The molecular weight excluding hydrogens is 261 g/mol. The van der Waals surface area contributed by atoms with Gasteiger partial charge in [-0.2, -0.15) is 0 Å². The van der Waals surface area contributed by atoms with E-state index in [4.69, 9.17) is 9.84 Å². The summed E-state index contributed by atoms with van der Waals surface area (Å²) in [6, 6.07) is 5.30. The highest BCUT2D eigenvalue weighted by Gasteiger charge is 2.26. The van der Waals surface area contributed by atoms with Crippen LogP contribution in [-0.4, -0.2) is 41.8 Å². The van der Waals surface area contributed by atoms with E-state index < -0.39 is 5.97 Å². The zero-order valence-electron chi connectivity index (χ0n) is 11.8. The molecule has 0 aliphatic carbocycles. The molecule has 1 saturated heterocycles. The lowest BCUT2D eigenvalue weighted by Crippen LogP contribution is -2.44. The zero-order valence-corrected chi connectivity index (χ0v) is 11.8. The molecule has 1 aromatic rings. The minimum atomic E-state index is -0.856. The largest absolute Gasteiger partial charge is 0.481 e. The van der Waals surface area contributed by atoms with Gasteiger partial charge in [0.05, 0.1) is 19.1 Å². The van der Waals surface area contributed by atoms with Gasteiger partial charge in [0.1, 0.15) is 5.82 Å². The molecule has 2 atom stereocenters. The molecule has 0 saturated carbocycles. The molecule has 0 radical (unpaired) electrons. The summed E-state index contributed by atoms with van der Waals surface area (Å²) in [5.74, 6) is -1.06. The average molecular weight is 281 g/mol. The second kappa shape index (κ2) is 6.33. The lowest BCUT2D eigenvalue weighted by molar-refractivity contribution is -0.142. The highest BCUT2D eigenvalue weighted by atomic mass is 19.1. The normalized spacial score (nSPS) is 21.6. The van der Waals surface area contributed by atoms with Gasteiger partial charge < -0.3 is 9.84 Å². The number of carbonyl (C=O) groups is 1. The first-order valence-electron chi connectivity index (χ1n) is 6.81. The number of aliphatic carboxylic acids is 1. The second-order valence-corrected chi connectivity index (χ2v) is 5.27. The monoisotopic (exact) mass is 281 g/mol. The van der Waals surface area contributed by atoms with Crippen molar-refractivity contribution in [3.63, 3.8) is 0 Å². The molecule has 1 aromatic carbocycles. The Labute approximate surface area is 118 Å². The Bertz CT molecular complexity index is 492. The van der Waals surface area contributed by atoms with E-state index in [-0.39, 0.29) is 24.4 Å². The van der Waals surface area contributed by atoms with Crippen LogP contribution in [0.2, 0.25) is 0 Å². The molecule has 1 aliphatic heterocycles. The first-order valence-corrected chi connectivity index (χ1v) is 6.81. The van der Waals surface area contributed by atoms with Crippen LogP contribution >= 0.6 is 0 Å². The van der Waals surface area contributed by atoms with Gasteiger partial charge >= 0.3 is 5.97 Å². The van der Waals surface area contributed by atoms with Gasteiger partial charge in [-0.1, -0.05) is 12.1 Å². The van der Waals surface area contributed by atoms with Crippen LogP contribution in [0.4, 0.5) is 4.39 Å². The molecule has 1 N–H and O–H groups in total. The van der Waals surface area contributed by atoms with Crippen LogP contribution in [0.3, 0.4) is 0 Å². The molecule has 5 heteroatoms. The highest BCUT2D eigenvalue weighted by Crippen LogP contribution is 2.24. The summed E-state index contributed by atoms with van der Waals surface area (Å²) in [5.41, 5.74) is 1.54. The Hall–Kier alpha value is -1.46. The van der Waals surface area contributed by atoms with E-state index in [1.165, 1.54) is 0 Å². The summed E-state index contributed by atoms with van der Waals surface area (Å²) in [6.07, 6.45) is -0.287. The van der Waals surface area contributed by atoms with Gasteiger partial charge in [-0.25, -0.2) is 4.39 Å². The van der Waals surface area contributed by atoms with Crippen LogP contribution < -0.4 is 0 Å². The van der Waals surface area contributed by atoms with Crippen LogP contribution in [0.1, 0.15) is 30.5 Å². The van der Waals surface area contributed by atoms with Crippen molar-refractivity contribution >= 4 is 5.97 Å². The van der Waals surface area contributed by atoms with Gasteiger partial charge in [0.2, 0.25) is 0 Å². The molecule has 1 heterocycles. The van der Waals surface area contributed by atoms with Crippen LogP contribution in [0.5, 0.6) is 0 Å². The maximum absolute atomic E-state index is 13.6. The molecule has 20 heavy (non-hydrogen) atoms. The molecule has 0 spiro atoms. The molecule has 2 unspecified atom stereocenters. The van der Waals surface area contributed by atoms with E-state index in [0.717, 1.165) is 12.1 Å². The summed E-state index contributed by atoms with van der Waals surface area (Å²) in [6.45, 7) is 5.54. The van der Waals surface area contributed by atoms with Gasteiger partial charge in [-0.05, 0) is 31.0 Å². The SMILES string of the molecule is Cc1ccc(C(C)N2CCOC(CC(=O)O)C2)cc1F. The number of morpholine rings is 1. The molecular formula is C15H20FNO3. The van der Waals surface area contributed by atoms with E-state index in [2.05, 4.69) is 4.90 Å². The number of ether oxygens (including phenoxy) is 1. The minimum absolute atomic E-state index is 0.00544. The average Bonchev–Trinajstić information content (AvgIpc) is 2.40. The standard InChI is InChI=1S/C15H20FNO3/c1-10-3-4-12(7-14(10)16)11(2)17-5-6-20-13(9-17)8-15(18)19/h3-4,7,11,13H,5-6,8-9H2,1-2H3,(H,18,19). The van der Waals surface area contributed by atoms with Crippen molar-refractivity contribution in [2.75, 3.05) is 19.7 Å². The van der Waals surface area contributed by atoms with Crippen molar-refractivity contribution in [1.29, 1.82) is 0 Å². The number of benzene rings is 1. The van der Waals surface area contributed by atoms with Crippen LogP contribution in [0.25, 0.3) is 0 Å². The van der Waals surface area contributed by atoms with Gasteiger partial charge in [-0.3, -0.25) is 9.69 Å². The molecule has 0 aromatic heterocycles. The number of carboxylic acids is 1. The fourth-order valence-corrected chi connectivity index (χ4v) is 2.49. The number of nitrogens with zero attached hydrogens (tertiary/aromatic N) is 1. The Kier molecular flexibility index (Phi) is 4.73. The summed E-state index contributed by atoms with van der Waals surface area (Å²) < 4.78 is 19.1. The first-order chi connectivity index (χ1) is 9.47. The Balaban J connectivity index is 2.05. The van der Waals surface area contributed by atoms with Crippen molar-refractivity contribution in [2.45, 2.75) is 32.4 Å². The smallest absolute Gasteiger partial charge is 0.306 e. The van der Waals surface area contributed by atoms with Crippen molar-refractivity contribution < 1.29 is 19.0 Å². The van der Waals surface area contributed by atoms with Crippen molar-refractivity contribution in [2.24, 2.45) is 0 Å². The Morgan fingerprint density at radius 2 is 2.35 bits per heavy atom. The third-order valence-electron chi connectivity index (χ3n) is 3.80. The Morgan fingerprint density at radius 1 is 1.60 bits per heavy atom. The van der Waals surface area contributed by atoms with Gasteiger partial charge in [0, 0.05) is 19.1 Å². The molecule has 1 fully saturated rings. The van der Waals surface area contributed by atoms with Crippen molar-refractivity contribution in [3.8, 4) is 0 Å². The van der Waals surface area contributed by atoms with Crippen LogP contribution in [-0.2, 0) is 9.53 Å². The number of hydrogen-bond acceptors (Lipinski definition) is 3. The molecule has 1 aliphatic rings. The van der Waals surface area contributed by atoms with Crippen LogP contribution in [0.15, 0.2) is 18.2 Å². The Morgan fingerprint density at radius 3 is 3.00 bits per heavy atom. The quantitative estimate of drug-likeness (QED) is 0.920. The predicted molar refractivity (Wildman–Crippen MR) is 73.1 cm³/mol. The lowest BCUT2D eigenvalue weighted by Gasteiger charge is -2.36. The number of carboxylic acid groups (broad SMARTS) is 1. The van der Waals surface area contributed by atoms with Crippen molar-refractivity contribution in [3.05, 3.63) is 35.1 Å². The first kappa shape index (κ1) is 14.9. The minimum Gasteiger partial charge on any atom is -0.481 e. The van der Waals surface area contributed by atoms with E-state index in [0.29, 0.717) is 18.7 Å².